The summed E-state index contributed by atoms with van der Waals surface area (Å²) in [5.41, 5.74) is 0. The topological polar surface area (TPSA) is 26.3 Å². The van der Waals surface area contributed by atoms with Crippen LogP contribution in [0, 0.1) is 0 Å². The van der Waals surface area contributed by atoms with Crippen molar-refractivity contribution in [2.45, 2.75) is 58.5 Å². The minimum atomic E-state index is -1.83. The molecule has 0 aliphatic rings. The fourth-order valence-corrected chi connectivity index (χ4v) is 2.45. The molecule has 0 fully saturated rings. The fourth-order valence-electron chi connectivity index (χ4n) is 1.22. The van der Waals surface area contributed by atoms with Gasteiger partial charge in [0.15, 0.2) is 0 Å². The summed E-state index contributed by atoms with van der Waals surface area (Å²) in [4.78, 5) is 0. The third-order valence-corrected chi connectivity index (χ3v) is 3.42. The maximum atomic E-state index is 10.4. The Morgan fingerprint density at radius 2 is 1.67 bits per heavy atom. The van der Waals surface area contributed by atoms with Crippen LogP contribution in [0.25, 0.3) is 0 Å². The van der Waals surface area contributed by atoms with Gasteiger partial charge in [0, 0.05) is 0 Å². The fraction of sp³-hybridized carbons (Fsp3) is 1.00. The van der Waals surface area contributed by atoms with Crippen LogP contribution in [0.4, 0.5) is 0 Å². The predicted octanol–water partition coefficient (Wildman–Crippen LogP) is 2.45. The number of rotatable bonds is 8. The Kier molecular flexibility index (Phi) is 10.1. The summed E-state index contributed by atoms with van der Waals surface area (Å²) in [6.45, 7) is 4.35. The zero-order chi connectivity index (χ0) is 9.23. The first kappa shape index (κ1) is 12.6. The van der Waals surface area contributed by atoms with Crippen LogP contribution in [0.3, 0.4) is 0 Å². The molecule has 0 saturated carbocycles. The van der Waals surface area contributed by atoms with E-state index in [4.69, 9.17) is 3.07 Å². The Morgan fingerprint density at radius 3 is 2.00 bits per heavy atom. The standard InChI is InChI=1S/C9H19O.O.Sn.H/c1-3-5-7-9(10)8-6-4-2;;;/h9H,3-8H2,1-2H3;;;/q-1;;+1;. The van der Waals surface area contributed by atoms with Crippen LogP contribution in [0.15, 0.2) is 0 Å². The molecule has 0 N–H and O–H groups in total. The molecule has 0 aliphatic carbocycles. The SMILES string of the molecule is CCCCC(CCCC)[O][SnH]=[O]. The molecule has 0 atom stereocenters. The van der Waals surface area contributed by atoms with Gasteiger partial charge in [-0.3, -0.25) is 0 Å². The van der Waals surface area contributed by atoms with Gasteiger partial charge in [-0.25, -0.2) is 0 Å². The molecule has 0 unspecified atom stereocenters. The minimum absolute atomic E-state index is 0.309. The van der Waals surface area contributed by atoms with Crippen molar-refractivity contribution in [3.05, 3.63) is 0 Å². The van der Waals surface area contributed by atoms with Gasteiger partial charge in [-0.05, 0) is 0 Å². The van der Waals surface area contributed by atoms with E-state index in [1.807, 2.05) is 0 Å². The van der Waals surface area contributed by atoms with Crippen LogP contribution in [0.5, 0.6) is 0 Å². The average molecular weight is 279 g/mol. The summed E-state index contributed by atoms with van der Waals surface area (Å²) in [7, 11) is 0. The Balaban J connectivity index is 3.46. The van der Waals surface area contributed by atoms with E-state index in [0.717, 1.165) is 12.8 Å². The molecule has 0 saturated heterocycles. The molecule has 0 radical (unpaired) electrons. The van der Waals surface area contributed by atoms with Gasteiger partial charge in [0.25, 0.3) is 0 Å². The van der Waals surface area contributed by atoms with E-state index in [1.54, 1.807) is 0 Å². The molecule has 0 aromatic heterocycles. The molecule has 0 spiro atoms. The van der Waals surface area contributed by atoms with Crippen LogP contribution >= 0.6 is 0 Å². The van der Waals surface area contributed by atoms with Crippen molar-refractivity contribution in [1.29, 1.82) is 0 Å². The van der Waals surface area contributed by atoms with Gasteiger partial charge in [-0.1, -0.05) is 0 Å². The molecule has 72 valence electrons. The van der Waals surface area contributed by atoms with E-state index >= 15 is 0 Å². The number of hydrogen-bond donors (Lipinski definition) is 0. The molecule has 0 rings (SSSR count). The first-order valence-corrected chi connectivity index (χ1v) is 7.63. The van der Waals surface area contributed by atoms with Crippen molar-refractivity contribution in [3.8, 4) is 0 Å². The molecule has 0 bridgehead atoms. The predicted molar refractivity (Wildman–Crippen MR) is 51.8 cm³/mol. The molecule has 0 aromatic carbocycles. The van der Waals surface area contributed by atoms with E-state index in [1.165, 1.54) is 25.7 Å². The van der Waals surface area contributed by atoms with Crippen molar-refractivity contribution < 1.29 is 6.15 Å². The van der Waals surface area contributed by atoms with Gasteiger partial charge in [0.1, 0.15) is 0 Å². The van der Waals surface area contributed by atoms with Crippen LogP contribution < -0.4 is 0 Å². The summed E-state index contributed by atoms with van der Waals surface area (Å²) < 4.78 is 15.7. The van der Waals surface area contributed by atoms with Gasteiger partial charge < -0.3 is 0 Å². The first-order chi connectivity index (χ1) is 5.85. The third kappa shape index (κ3) is 7.22. The molecular weight excluding hydrogens is 259 g/mol. The molecule has 3 heteroatoms. The van der Waals surface area contributed by atoms with Crippen LogP contribution in [-0.2, 0) is 6.15 Å². The number of unbranched alkanes of at least 4 members (excludes halogenated alkanes) is 2. The zero-order valence-electron chi connectivity index (χ0n) is 8.21. The van der Waals surface area contributed by atoms with Crippen molar-refractivity contribution >= 4 is 21.5 Å². The molecule has 0 aromatic rings. The second-order valence-electron chi connectivity index (χ2n) is 3.14. The van der Waals surface area contributed by atoms with Gasteiger partial charge >= 0.3 is 86.2 Å². The van der Waals surface area contributed by atoms with E-state index < -0.39 is 21.5 Å². The molecule has 0 amide bonds. The summed E-state index contributed by atoms with van der Waals surface area (Å²) in [5, 5.41) is 0. The van der Waals surface area contributed by atoms with Gasteiger partial charge in [0.05, 0.1) is 0 Å². The average Bonchev–Trinajstić information content (AvgIpc) is 2.10. The quantitative estimate of drug-likeness (QED) is 0.638. The summed E-state index contributed by atoms with van der Waals surface area (Å²) in [6, 6.07) is 0. The van der Waals surface area contributed by atoms with E-state index in [-0.39, 0.29) is 0 Å². The van der Waals surface area contributed by atoms with Crippen molar-refractivity contribution in [3.63, 3.8) is 0 Å². The second kappa shape index (κ2) is 9.65. The van der Waals surface area contributed by atoms with Crippen LogP contribution in [-0.4, -0.2) is 27.6 Å². The summed E-state index contributed by atoms with van der Waals surface area (Å²) in [5.74, 6) is 0. The van der Waals surface area contributed by atoms with Crippen molar-refractivity contribution in [1.82, 2.24) is 0 Å². The summed E-state index contributed by atoms with van der Waals surface area (Å²) >= 11 is -1.83. The van der Waals surface area contributed by atoms with Crippen LogP contribution in [0.2, 0.25) is 0 Å². The van der Waals surface area contributed by atoms with E-state index in [0.29, 0.717) is 6.10 Å². The molecular formula is C9H20O2Sn. The monoisotopic (exact) mass is 280 g/mol. The van der Waals surface area contributed by atoms with E-state index in [9.17, 15) is 3.08 Å². The molecule has 12 heavy (non-hydrogen) atoms. The van der Waals surface area contributed by atoms with Crippen molar-refractivity contribution in [2.24, 2.45) is 0 Å². The van der Waals surface area contributed by atoms with Gasteiger partial charge in [0.2, 0.25) is 0 Å². The molecule has 2 nitrogen and oxygen atoms in total. The molecule has 0 heterocycles. The second-order valence-corrected chi connectivity index (χ2v) is 4.46. The van der Waals surface area contributed by atoms with Gasteiger partial charge in [-0.15, -0.1) is 0 Å². The normalized spacial score (nSPS) is 10.6. The number of hydrogen-bond acceptors (Lipinski definition) is 2. The summed E-state index contributed by atoms with van der Waals surface area (Å²) in [6.07, 6.45) is 7.34. The first-order valence-electron chi connectivity index (χ1n) is 4.94. The maximum absolute atomic E-state index is 10.4. The van der Waals surface area contributed by atoms with E-state index in [2.05, 4.69) is 13.8 Å². The zero-order valence-corrected chi connectivity index (χ0v) is 11.5. The third-order valence-electron chi connectivity index (χ3n) is 2.01. The molecule has 0 aliphatic heterocycles. The Bertz CT molecular complexity index is 98.7. The Morgan fingerprint density at radius 1 is 1.17 bits per heavy atom. The Hall–Kier alpha value is 0.559. The Labute approximate surface area is 86.2 Å². The van der Waals surface area contributed by atoms with Gasteiger partial charge in [-0.2, -0.15) is 0 Å². The van der Waals surface area contributed by atoms with Crippen molar-refractivity contribution in [2.75, 3.05) is 0 Å². The van der Waals surface area contributed by atoms with Crippen LogP contribution in [0.1, 0.15) is 52.4 Å².